The molecule has 1 heterocycles. The van der Waals surface area contributed by atoms with Gasteiger partial charge in [-0.15, -0.1) is 11.3 Å². The Hall–Kier alpha value is -3.05. The summed E-state index contributed by atoms with van der Waals surface area (Å²) in [4.78, 5) is 15.4. The molecule has 0 amide bonds. The van der Waals surface area contributed by atoms with Gasteiger partial charge in [0.2, 0.25) is 0 Å². The summed E-state index contributed by atoms with van der Waals surface area (Å²) in [6.45, 7) is 6.12. The van der Waals surface area contributed by atoms with Crippen molar-refractivity contribution >= 4 is 33.0 Å². The minimum absolute atomic E-state index is 0.153. The number of benzene rings is 2. The van der Waals surface area contributed by atoms with Crippen LogP contribution in [0.3, 0.4) is 0 Å². The Bertz CT molecular complexity index is 1460. The third kappa shape index (κ3) is 5.47. The molecule has 4 rings (SSSR count). The second-order valence-corrected chi connectivity index (χ2v) is 12.5. The average molecular weight is 551 g/mol. The van der Waals surface area contributed by atoms with Gasteiger partial charge in [-0.25, -0.2) is 18.6 Å². The number of hydrogen-bond acceptors (Lipinski definition) is 6. The number of hydrogen-bond donors (Lipinski definition) is 2. The molecule has 0 unspecified atom stereocenters. The maximum Gasteiger partial charge on any atom is 0.338 e. The summed E-state index contributed by atoms with van der Waals surface area (Å²) in [5.74, 6) is -2.95. The van der Waals surface area contributed by atoms with E-state index in [0.29, 0.717) is 21.7 Å². The Kier molecular flexibility index (Phi) is 7.31. The molecule has 0 saturated heterocycles. The fraction of sp³-hybridized carbons (Fsp3) is 0.385. The summed E-state index contributed by atoms with van der Waals surface area (Å²) in [5.41, 5.74) is 0.921. The van der Waals surface area contributed by atoms with Gasteiger partial charge in [-0.1, -0.05) is 26.0 Å². The lowest BCUT2D eigenvalue weighted by Crippen LogP contribution is -2.21. The standard InChI is InChI=1S/C26H28F2N2O5S2/c1-14-16(5-6-17(23(14)28)15-7-9-26(2,3)10-8-15)24-29-22(13-36-24)37(33,34)30-20-12-19(27)18(25(31)32)11-21(20)35-4/h5-6,11-13,15,30H,7-10H2,1-4H3,(H,31,32). The Morgan fingerprint density at radius 1 is 1.22 bits per heavy atom. The van der Waals surface area contributed by atoms with Crippen molar-refractivity contribution in [3.8, 4) is 16.3 Å². The molecule has 198 valence electrons. The van der Waals surface area contributed by atoms with E-state index in [2.05, 4.69) is 23.6 Å². The predicted octanol–water partition coefficient (Wildman–Crippen LogP) is 6.59. The minimum atomic E-state index is -4.28. The largest absolute Gasteiger partial charge is 0.495 e. The number of aromatic nitrogens is 1. The molecular weight excluding hydrogens is 522 g/mol. The van der Waals surface area contributed by atoms with Gasteiger partial charge in [-0.05, 0) is 61.1 Å². The first-order chi connectivity index (χ1) is 17.3. The third-order valence-electron chi connectivity index (χ3n) is 6.95. The van der Waals surface area contributed by atoms with Crippen LogP contribution in [0.5, 0.6) is 5.75 Å². The number of carboxylic acids is 1. The molecule has 0 spiro atoms. The molecule has 3 aromatic rings. The summed E-state index contributed by atoms with van der Waals surface area (Å²) in [6.07, 6.45) is 3.91. The highest BCUT2D eigenvalue weighted by molar-refractivity contribution is 7.92. The van der Waals surface area contributed by atoms with Crippen LogP contribution in [0.1, 0.15) is 66.9 Å². The van der Waals surface area contributed by atoms with Crippen molar-refractivity contribution in [3.63, 3.8) is 0 Å². The van der Waals surface area contributed by atoms with E-state index >= 15 is 4.39 Å². The zero-order chi connectivity index (χ0) is 27.1. The fourth-order valence-corrected chi connectivity index (χ4v) is 6.87. The van der Waals surface area contributed by atoms with E-state index < -0.39 is 27.4 Å². The fourth-order valence-electron chi connectivity index (χ4n) is 4.63. The van der Waals surface area contributed by atoms with E-state index in [-0.39, 0.29) is 33.6 Å². The molecule has 0 radical (unpaired) electrons. The number of nitrogens with one attached hydrogen (secondary N) is 1. The predicted molar refractivity (Wildman–Crippen MR) is 138 cm³/mol. The van der Waals surface area contributed by atoms with Crippen molar-refractivity contribution in [2.45, 2.75) is 57.4 Å². The molecule has 0 aliphatic heterocycles. The number of nitrogens with zero attached hydrogens (tertiary/aromatic N) is 1. The number of rotatable bonds is 7. The molecule has 1 saturated carbocycles. The van der Waals surface area contributed by atoms with Gasteiger partial charge < -0.3 is 9.84 Å². The van der Waals surface area contributed by atoms with E-state index in [1.807, 2.05) is 0 Å². The summed E-state index contributed by atoms with van der Waals surface area (Å²) in [5, 5.41) is 10.4. The molecule has 1 fully saturated rings. The van der Waals surface area contributed by atoms with E-state index in [4.69, 9.17) is 9.84 Å². The van der Waals surface area contributed by atoms with Gasteiger partial charge in [0.1, 0.15) is 22.4 Å². The van der Waals surface area contributed by atoms with Gasteiger partial charge in [0.15, 0.2) is 5.03 Å². The van der Waals surface area contributed by atoms with Gasteiger partial charge in [-0.3, -0.25) is 4.72 Å². The van der Waals surface area contributed by atoms with Gasteiger partial charge >= 0.3 is 5.97 Å². The molecule has 2 aromatic carbocycles. The van der Waals surface area contributed by atoms with Crippen LogP contribution in [0, 0.1) is 24.0 Å². The van der Waals surface area contributed by atoms with Gasteiger partial charge in [-0.2, -0.15) is 8.42 Å². The van der Waals surface area contributed by atoms with Crippen LogP contribution in [-0.2, 0) is 10.0 Å². The lowest BCUT2D eigenvalue weighted by atomic mass is 9.71. The number of methoxy groups -OCH3 is 1. The number of sulfonamides is 1. The number of aromatic carboxylic acids is 1. The van der Waals surface area contributed by atoms with Crippen LogP contribution < -0.4 is 9.46 Å². The van der Waals surface area contributed by atoms with Crippen LogP contribution in [0.15, 0.2) is 34.7 Å². The molecule has 1 aliphatic rings. The second kappa shape index (κ2) is 10.0. The van der Waals surface area contributed by atoms with Gasteiger partial charge in [0, 0.05) is 17.0 Å². The van der Waals surface area contributed by atoms with Crippen molar-refractivity contribution in [3.05, 3.63) is 58.0 Å². The quantitative estimate of drug-likeness (QED) is 0.344. The number of ether oxygens (including phenoxy) is 1. The first-order valence-electron chi connectivity index (χ1n) is 11.7. The van der Waals surface area contributed by atoms with Crippen LogP contribution in [0.25, 0.3) is 10.6 Å². The summed E-state index contributed by atoms with van der Waals surface area (Å²) >= 11 is 1.04. The highest BCUT2D eigenvalue weighted by Gasteiger charge is 2.30. The molecule has 11 heteroatoms. The van der Waals surface area contributed by atoms with Crippen molar-refractivity contribution in [2.24, 2.45) is 5.41 Å². The molecule has 2 N–H and O–H groups in total. The molecule has 7 nitrogen and oxygen atoms in total. The van der Waals surface area contributed by atoms with Gasteiger partial charge in [0.05, 0.1) is 18.4 Å². The average Bonchev–Trinajstić information content (AvgIpc) is 3.32. The maximum absolute atomic E-state index is 15.4. The molecule has 0 bridgehead atoms. The van der Waals surface area contributed by atoms with Crippen LogP contribution in [-0.4, -0.2) is 31.6 Å². The number of carbonyl (C=O) groups is 1. The Morgan fingerprint density at radius 3 is 2.51 bits per heavy atom. The van der Waals surface area contributed by atoms with Crippen molar-refractivity contribution in [1.82, 2.24) is 4.98 Å². The van der Waals surface area contributed by atoms with E-state index in [9.17, 15) is 17.6 Å². The number of anilines is 1. The van der Waals surface area contributed by atoms with E-state index in [0.717, 1.165) is 49.2 Å². The summed E-state index contributed by atoms with van der Waals surface area (Å²) in [6, 6.07) is 5.17. The Balaban J connectivity index is 1.60. The summed E-state index contributed by atoms with van der Waals surface area (Å²) < 4.78 is 62.8. The molecule has 1 aromatic heterocycles. The van der Waals surface area contributed by atoms with Gasteiger partial charge in [0.25, 0.3) is 10.0 Å². The highest BCUT2D eigenvalue weighted by Crippen LogP contribution is 2.44. The number of thiazole rings is 1. The third-order valence-corrected chi connectivity index (χ3v) is 9.22. The number of halogens is 2. The van der Waals surface area contributed by atoms with Crippen LogP contribution in [0.2, 0.25) is 0 Å². The topological polar surface area (TPSA) is 106 Å². The first-order valence-corrected chi connectivity index (χ1v) is 14.1. The first kappa shape index (κ1) is 27.0. The lowest BCUT2D eigenvalue weighted by molar-refractivity contribution is 0.0691. The SMILES string of the molecule is COc1cc(C(=O)O)c(F)cc1NS(=O)(=O)c1csc(-c2ccc(C3CCC(C)(C)CC3)c(F)c2C)n1. The van der Waals surface area contributed by atoms with Crippen LogP contribution >= 0.6 is 11.3 Å². The van der Waals surface area contributed by atoms with Crippen molar-refractivity contribution in [1.29, 1.82) is 0 Å². The normalized spacial score (nSPS) is 15.9. The molecule has 0 atom stereocenters. The maximum atomic E-state index is 15.4. The second-order valence-electron chi connectivity index (χ2n) is 10.0. The lowest BCUT2D eigenvalue weighted by Gasteiger charge is -2.34. The zero-order valence-electron chi connectivity index (χ0n) is 20.9. The van der Waals surface area contributed by atoms with E-state index in [1.54, 1.807) is 19.1 Å². The minimum Gasteiger partial charge on any atom is -0.495 e. The Labute approximate surface area is 218 Å². The highest BCUT2D eigenvalue weighted by atomic mass is 32.2. The molecular formula is C26H28F2N2O5S2. The number of carboxylic acid groups (broad SMARTS) is 1. The smallest absolute Gasteiger partial charge is 0.338 e. The Morgan fingerprint density at radius 2 is 1.89 bits per heavy atom. The monoisotopic (exact) mass is 550 g/mol. The summed E-state index contributed by atoms with van der Waals surface area (Å²) in [7, 11) is -3.08. The molecule has 1 aliphatic carbocycles. The van der Waals surface area contributed by atoms with Crippen molar-refractivity contribution in [2.75, 3.05) is 11.8 Å². The van der Waals surface area contributed by atoms with E-state index in [1.165, 1.54) is 12.5 Å². The zero-order valence-corrected chi connectivity index (χ0v) is 22.5. The van der Waals surface area contributed by atoms with Crippen molar-refractivity contribution < 1.29 is 31.8 Å². The molecule has 37 heavy (non-hydrogen) atoms. The van der Waals surface area contributed by atoms with Crippen LogP contribution in [0.4, 0.5) is 14.5 Å².